The minimum atomic E-state index is -0.384. The normalized spacial score (nSPS) is 12.5. The Morgan fingerprint density at radius 2 is 2.54 bits per heavy atom. The monoisotopic (exact) mass is 200 g/mol. The number of esters is 1. The van der Waals surface area contributed by atoms with Crippen molar-refractivity contribution in [2.45, 2.75) is 19.9 Å². The Balaban J connectivity index is 2.73. The molecule has 0 spiro atoms. The lowest BCUT2D eigenvalue weighted by molar-refractivity contribution is 0.0520. The van der Waals surface area contributed by atoms with E-state index in [1.165, 1.54) is 11.3 Å². The summed E-state index contributed by atoms with van der Waals surface area (Å²) in [7, 11) is 0. The van der Waals surface area contributed by atoms with Crippen molar-refractivity contribution in [1.82, 2.24) is 4.98 Å². The van der Waals surface area contributed by atoms with Gasteiger partial charge in [0.1, 0.15) is 5.01 Å². The Hall–Kier alpha value is -0.940. The van der Waals surface area contributed by atoms with Crippen LogP contribution in [0.25, 0.3) is 0 Å². The van der Waals surface area contributed by atoms with Crippen molar-refractivity contribution in [3.63, 3.8) is 0 Å². The van der Waals surface area contributed by atoms with Gasteiger partial charge in [-0.3, -0.25) is 0 Å². The number of nitrogens with two attached hydrogens (primary N) is 1. The molecule has 4 nitrogen and oxygen atoms in total. The standard InChI is InChI=1S/C8H12N2O2S/c1-3-12-8(11)6-4-13-7(10-6)5(2)9/h4-5H,3,9H2,1-2H3/t5-/m0/s1. The molecule has 72 valence electrons. The van der Waals surface area contributed by atoms with Crippen LogP contribution in [0.15, 0.2) is 5.38 Å². The Bertz CT molecular complexity index is 296. The molecule has 0 aromatic carbocycles. The van der Waals surface area contributed by atoms with Crippen molar-refractivity contribution in [1.29, 1.82) is 0 Å². The van der Waals surface area contributed by atoms with Gasteiger partial charge in [-0.25, -0.2) is 9.78 Å². The van der Waals surface area contributed by atoms with E-state index in [1.807, 2.05) is 6.92 Å². The summed E-state index contributed by atoms with van der Waals surface area (Å²) in [5.74, 6) is -0.384. The molecule has 1 heterocycles. The fraction of sp³-hybridized carbons (Fsp3) is 0.500. The first-order chi connectivity index (χ1) is 6.15. The lowest BCUT2D eigenvalue weighted by atomic mass is 10.4. The van der Waals surface area contributed by atoms with E-state index in [-0.39, 0.29) is 12.0 Å². The number of hydrogen-bond acceptors (Lipinski definition) is 5. The number of hydrogen-bond donors (Lipinski definition) is 1. The summed E-state index contributed by atoms with van der Waals surface area (Å²) in [6.45, 7) is 3.95. The van der Waals surface area contributed by atoms with Crippen molar-refractivity contribution in [3.05, 3.63) is 16.1 Å². The van der Waals surface area contributed by atoms with Gasteiger partial charge in [-0.05, 0) is 13.8 Å². The fourth-order valence-electron chi connectivity index (χ4n) is 0.796. The molecule has 1 aromatic heterocycles. The minimum absolute atomic E-state index is 0.131. The average molecular weight is 200 g/mol. The Labute approximate surface area is 80.7 Å². The number of nitrogens with zero attached hydrogens (tertiary/aromatic N) is 1. The van der Waals surface area contributed by atoms with Crippen LogP contribution in [0.2, 0.25) is 0 Å². The van der Waals surface area contributed by atoms with E-state index in [0.29, 0.717) is 12.3 Å². The van der Waals surface area contributed by atoms with E-state index < -0.39 is 0 Å². The summed E-state index contributed by atoms with van der Waals surface area (Å²) in [6, 6.07) is -0.131. The maximum Gasteiger partial charge on any atom is 0.357 e. The Morgan fingerprint density at radius 1 is 1.85 bits per heavy atom. The average Bonchev–Trinajstić information content (AvgIpc) is 2.52. The first-order valence-electron chi connectivity index (χ1n) is 4.03. The van der Waals surface area contributed by atoms with Gasteiger partial charge in [0.15, 0.2) is 5.69 Å². The van der Waals surface area contributed by atoms with Crippen molar-refractivity contribution in [3.8, 4) is 0 Å². The SMILES string of the molecule is CCOC(=O)c1csc([C@H](C)N)n1. The molecule has 0 fully saturated rings. The predicted octanol–water partition coefficient (Wildman–Crippen LogP) is 1.34. The number of rotatable bonds is 3. The highest BCUT2D eigenvalue weighted by Gasteiger charge is 2.12. The van der Waals surface area contributed by atoms with Crippen molar-refractivity contribution in [2.24, 2.45) is 5.73 Å². The Morgan fingerprint density at radius 3 is 3.00 bits per heavy atom. The molecule has 1 atom stereocenters. The van der Waals surface area contributed by atoms with Crippen LogP contribution in [0.4, 0.5) is 0 Å². The van der Waals surface area contributed by atoms with E-state index in [2.05, 4.69) is 4.98 Å². The number of aromatic nitrogens is 1. The number of thiazole rings is 1. The van der Waals surface area contributed by atoms with Gasteiger partial charge in [-0.15, -0.1) is 11.3 Å². The number of carbonyl (C=O) groups excluding carboxylic acids is 1. The van der Waals surface area contributed by atoms with Crippen molar-refractivity contribution >= 4 is 17.3 Å². The molecule has 0 aliphatic carbocycles. The topological polar surface area (TPSA) is 65.2 Å². The molecule has 2 N–H and O–H groups in total. The van der Waals surface area contributed by atoms with E-state index in [9.17, 15) is 4.79 Å². The molecule has 1 aromatic rings. The third-order valence-electron chi connectivity index (χ3n) is 1.40. The van der Waals surface area contributed by atoms with Crippen LogP contribution >= 0.6 is 11.3 Å². The van der Waals surface area contributed by atoms with Gasteiger partial charge in [0.05, 0.1) is 12.6 Å². The van der Waals surface area contributed by atoms with Crippen LogP contribution in [0.3, 0.4) is 0 Å². The molecular formula is C8H12N2O2S. The minimum Gasteiger partial charge on any atom is -0.461 e. The molecule has 0 bridgehead atoms. The van der Waals surface area contributed by atoms with Gasteiger partial charge in [-0.2, -0.15) is 0 Å². The molecule has 0 saturated carbocycles. The molecular weight excluding hydrogens is 188 g/mol. The van der Waals surface area contributed by atoms with E-state index in [1.54, 1.807) is 12.3 Å². The molecule has 0 radical (unpaired) electrons. The second kappa shape index (κ2) is 4.34. The van der Waals surface area contributed by atoms with Crippen LogP contribution in [0.5, 0.6) is 0 Å². The third-order valence-corrected chi connectivity index (χ3v) is 2.44. The van der Waals surface area contributed by atoms with Crippen LogP contribution in [0.1, 0.15) is 35.4 Å². The highest BCUT2D eigenvalue weighted by atomic mass is 32.1. The molecule has 5 heteroatoms. The highest BCUT2D eigenvalue weighted by molar-refractivity contribution is 7.09. The molecule has 0 amide bonds. The van der Waals surface area contributed by atoms with Crippen molar-refractivity contribution in [2.75, 3.05) is 6.61 Å². The third kappa shape index (κ3) is 2.50. The molecule has 13 heavy (non-hydrogen) atoms. The maximum atomic E-state index is 11.2. The molecule has 0 aliphatic heterocycles. The first kappa shape index (κ1) is 10.1. The van der Waals surface area contributed by atoms with Crippen LogP contribution in [0, 0.1) is 0 Å². The molecule has 0 saturated heterocycles. The second-order valence-corrected chi connectivity index (χ2v) is 3.47. The maximum absolute atomic E-state index is 11.2. The van der Waals surface area contributed by atoms with E-state index in [4.69, 9.17) is 10.5 Å². The molecule has 1 rings (SSSR count). The zero-order valence-electron chi connectivity index (χ0n) is 7.61. The number of carbonyl (C=O) groups is 1. The quantitative estimate of drug-likeness (QED) is 0.748. The zero-order chi connectivity index (χ0) is 9.84. The molecule has 0 unspecified atom stereocenters. The zero-order valence-corrected chi connectivity index (χ0v) is 8.43. The van der Waals surface area contributed by atoms with E-state index >= 15 is 0 Å². The summed E-state index contributed by atoms with van der Waals surface area (Å²) < 4.78 is 4.79. The highest BCUT2D eigenvalue weighted by Crippen LogP contribution is 2.16. The lowest BCUT2D eigenvalue weighted by Gasteiger charge is -1.98. The fourth-order valence-corrected chi connectivity index (χ4v) is 1.54. The predicted molar refractivity (Wildman–Crippen MR) is 50.7 cm³/mol. The van der Waals surface area contributed by atoms with Gasteiger partial charge in [0.25, 0.3) is 0 Å². The van der Waals surface area contributed by atoms with Crippen LogP contribution in [-0.2, 0) is 4.74 Å². The Kier molecular flexibility index (Phi) is 3.39. The van der Waals surface area contributed by atoms with Crippen LogP contribution in [-0.4, -0.2) is 17.6 Å². The van der Waals surface area contributed by atoms with Gasteiger partial charge >= 0.3 is 5.97 Å². The largest absolute Gasteiger partial charge is 0.461 e. The second-order valence-electron chi connectivity index (χ2n) is 2.58. The first-order valence-corrected chi connectivity index (χ1v) is 4.91. The lowest BCUT2D eigenvalue weighted by Crippen LogP contribution is -2.08. The van der Waals surface area contributed by atoms with Gasteiger partial charge in [-0.1, -0.05) is 0 Å². The summed E-state index contributed by atoms with van der Waals surface area (Å²) in [6.07, 6.45) is 0. The van der Waals surface area contributed by atoms with Gasteiger partial charge in [0.2, 0.25) is 0 Å². The smallest absolute Gasteiger partial charge is 0.357 e. The summed E-state index contributed by atoms with van der Waals surface area (Å²) in [4.78, 5) is 15.2. The summed E-state index contributed by atoms with van der Waals surface area (Å²) >= 11 is 1.37. The van der Waals surface area contributed by atoms with Gasteiger partial charge in [0, 0.05) is 5.38 Å². The summed E-state index contributed by atoms with van der Waals surface area (Å²) in [5, 5.41) is 2.42. The summed E-state index contributed by atoms with van der Waals surface area (Å²) in [5.41, 5.74) is 5.94. The van der Waals surface area contributed by atoms with E-state index in [0.717, 1.165) is 5.01 Å². The number of ether oxygens (including phenoxy) is 1. The van der Waals surface area contributed by atoms with Crippen LogP contribution < -0.4 is 5.73 Å². The van der Waals surface area contributed by atoms with Gasteiger partial charge < -0.3 is 10.5 Å². The molecule has 0 aliphatic rings. The van der Waals surface area contributed by atoms with Crippen molar-refractivity contribution < 1.29 is 9.53 Å².